The molecule has 6 heteroatoms. The summed E-state index contributed by atoms with van der Waals surface area (Å²) in [7, 11) is 0. The molecule has 0 bridgehead atoms. The first-order chi connectivity index (χ1) is 8.07. The first-order valence-electron chi connectivity index (χ1n) is 5.57. The number of rotatable bonds is 9. The lowest BCUT2D eigenvalue weighted by Gasteiger charge is -2.11. The molecule has 0 aromatic heterocycles. The molecule has 0 radical (unpaired) electrons. The first-order valence-corrected chi connectivity index (χ1v) is 6.55. The lowest BCUT2D eigenvalue weighted by Crippen LogP contribution is -2.25. The number of carbonyl (C=O) groups excluding carboxylic acids is 2. The topological polar surface area (TPSA) is 61.8 Å². The van der Waals surface area contributed by atoms with Crippen LogP contribution in [0.25, 0.3) is 0 Å². The molecule has 0 aliphatic heterocycles. The SMILES string of the molecule is CCOC(=O)[C@H](C)OCCOCCSC(C)=O. The molecule has 0 rings (SSSR count). The molecule has 0 saturated carbocycles. The predicted molar refractivity (Wildman–Crippen MR) is 66.0 cm³/mol. The molecule has 0 spiro atoms. The Bertz CT molecular complexity index is 232. The first kappa shape index (κ1) is 16.4. The van der Waals surface area contributed by atoms with Crippen molar-refractivity contribution in [3.8, 4) is 0 Å². The maximum atomic E-state index is 11.2. The molecule has 0 unspecified atom stereocenters. The van der Waals surface area contributed by atoms with Gasteiger partial charge in [0, 0.05) is 12.7 Å². The summed E-state index contributed by atoms with van der Waals surface area (Å²) >= 11 is 1.23. The summed E-state index contributed by atoms with van der Waals surface area (Å²) in [5.41, 5.74) is 0. The normalized spacial score (nSPS) is 12.2. The van der Waals surface area contributed by atoms with Crippen LogP contribution >= 0.6 is 11.8 Å². The van der Waals surface area contributed by atoms with Crippen LogP contribution in [0, 0.1) is 0 Å². The molecule has 0 aliphatic carbocycles. The van der Waals surface area contributed by atoms with Crippen LogP contribution in [-0.2, 0) is 23.8 Å². The Morgan fingerprint density at radius 2 is 1.94 bits per heavy atom. The van der Waals surface area contributed by atoms with Crippen LogP contribution in [0.4, 0.5) is 0 Å². The Kier molecular flexibility index (Phi) is 10.2. The van der Waals surface area contributed by atoms with Gasteiger partial charge >= 0.3 is 5.97 Å². The van der Waals surface area contributed by atoms with Crippen molar-refractivity contribution in [1.82, 2.24) is 0 Å². The van der Waals surface area contributed by atoms with Crippen molar-refractivity contribution >= 4 is 22.8 Å². The number of ether oxygens (including phenoxy) is 3. The average molecular weight is 264 g/mol. The summed E-state index contributed by atoms with van der Waals surface area (Å²) in [5.74, 6) is 0.280. The van der Waals surface area contributed by atoms with Crippen molar-refractivity contribution in [2.75, 3.05) is 32.2 Å². The fourth-order valence-electron chi connectivity index (χ4n) is 0.958. The van der Waals surface area contributed by atoms with E-state index in [-0.39, 0.29) is 11.1 Å². The van der Waals surface area contributed by atoms with Gasteiger partial charge in [0.2, 0.25) is 0 Å². The van der Waals surface area contributed by atoms with Crippen molar-refractivity contribution < 1.29 is 23.8 Å². The largest absolute Gasteiger partial charge is 0.464 e. The lowest BCUT2D eigenvalue weighted by molar-refractivity contribution is -0.156. The highest BCUT2D eigenvalue weighted by molar-refractivity contribution is 8.13. The maximum absolute atomic E-state index is 11.2. The molecular weight excluding hydrogens is 244 g/mol. The summed E-state index contributed by atoms with van der Waals surface area (Å²) in [6.45, 7) is 6.51. The number of carbonyl (C=O) groups is 2. The van der Waals surface area contributed by atoms with Gasteiger partial charge in [-0.2, -0.15) is 0 Å². The average Bonchev–Trinajstić information content (AvgIpc) is 2.27. The third-order valence-electron chi connectivity index (χ3n) is 1.75. The molecule has 0 aliphatic rings. The van der Waals surface area contributed by atoms with Crippen molar-refractivity contribution in [1.29, 1.82) is 0 Å². The van der Waals surface area contributed by atoms with Gasteiger partial charge < -0.3 is 14.2 Å². The lowest BCUT2D eigenvalue weighted by atomic mass is 10.4. The smallest absolute Gasteiger partial charge is 0.334 e. The highest BCUT2D eigenvalue weighted by Gasteiger charge is 2.13. The Hall–Kier alpha value is -0.590. The summed E-state index contributed by atoms with van der Waals surface area (Å²) < 4.78 is 15.2. The van der Waals surface area contributed by atoms with Crippen LogP contribution in [0.5, 0.6) is 0 Å². The number of hydrogen-bond acceptors (Lipinski definition) is 6. The molecule has 0 saturated heterocycles. The molecule has 0 amide bonds. The van der Waals surface area contributed by atoms with Gasteiger partial charge in [-0.25, -0.2) is 4.79 Å². The third-order valence-corrected chi connectivity index (χ3v) is 2.52. The van der Waals surface area contributed by atoms with E-state index in [0.717, 1.165) is 0 Å². The Morgan fingerprint density at radius 3 is 2.53 bits per heavy atom. The Labute approximate surface area is 106 Å². The van der Waals surface area contributed by atoms with Crippen molar-refractivity contribution in [2.45, 2.75) is 26.9 Å². The van der Waals surface area contributed by atoms with E-state index in [1.807, 2.05) is 0 Å². The van der Waals surface area contributed by atoms with Gasteiger partial charge in [0.1, 0.15) is 0 Å². The molecule has 0 heterocycles. The predicted octanol–water partition coefficient (Wildman–Crippen LogP) is 1.25. The van der Waals surface area contributed by atoms with E-state index in [1.54, 1.807) is 13.8 Å². The van der Waals surface area contributed by atoms with E-state index < -0.39 is 6.10 Å². The molecule has 0 fully saturated rings. The van der Waals surface area contributed by atoms with Crippen LogP contribution in [0.15, 0.2) is 0 Å². The number of thioether (sulfide) groups is 1. The molecule has 0 aromatic rings. The second-order valence-corrected chi connectivity index (χ2v) is 4.49. The summed E-state index contributed by atoms with van der Waals surface area (Å²) in [6.07, 6.45) is -0.565. The standard InChI is InChI=1S/C11H20O5S/c1-4-15-11(13)9(2)16-6-5-14-7-8-17-10(3)12/h9H,4-8H2,1-3H3/t9-/m0/s1. The minimum atomic E-state index is -0.565. The van der Waals surface area contributed by atoms with Crippen LogP contribution in [0.2, 0.25) is 0 Å². The molecule has 0 aromatic carbocycles. The van der Waals surface area contributed by atoms with Crippen LogP contribution in [-0.4, -0.2) is 49.4 Å². The highest BCUT2D eigenvalue weighted by Crippen LogP contribution is 2.00. The van der Waals surface area contributed by atoms with Crippen molar-refractivity contribution in [3.63, 3.8) is 0 Å². The fraction of sp³-hybridized carbons (Fsp3) is 0.818. The van der Waals surface area contributed by atoms with E-state index in [2.05, 4.69) is 0 Å². The molecular formula is C11H20O5S. The molecule has 17 heavy (non-hydrogen) atoms. The van der Waals surface area contributed by atoms with E-state index in [4.69, 9.17) is 14.2 Å². The minimum Gasteiger partial charge on any atom is -0.464 e. The van der Waals surface area contributed by atoms with Gasteiger partial charge in [-0.3, -0.25) is 4.79 Å². The maximum Gasteiger partial charge on any atom is 0.334 e. The van der Waals surface area contributed by atoms with E-state index in [0.29, 0.717) is 32.2 Å². The second-order valence-electron chi connectivity index (χ2n) is 3.22. The quantitative estimate of drug-likeness (QED) is 0.461. The van der Waals surface area contributed by atoms with Crippen molar-refractivity contribution in [2.24, 2.45) is 0 Å². The van der Waals surface area contributed by atoms with Crippen LogP contribution < -0.4 is 0 Å². The second kappa shape index (κ2) is 10.6. The molecule has 100 valence electrons. The minimum absolute atomic E-state index is 0.0841. The van der Waals surface area contributed by atoms with Gasteiger partial charge in [-0.1, -0.05) is 11.8 Å². The van der Waals surface area contributed by atoms with E-state index in [1.165, 1.54) is 18.7 Å². The third kappa shape index (κ3) is 10.3. The monoisotopic (exact) mass is 264 g/mol. The van der Waals surface area contributed by atoms with Gasteiger partial charge in [0.05, 0.1) is 26.4 Å². The number of esters is 1. The van der Waals surface area contributed by atoms with Crippen LogP contribution in [0.1, 0.15) is 20.8 Å². The molecule has 0 N–H and O–H groups in total. The van der Waals surface area contributed by atoms with Crippen molar-refractivity contribution in [3.05, 3.63) is 0 Å². The summed E-state index contributed by atoms with van der Waals surface area (Å²) in [4.78, 5) is 21.7. The summed E-state index contributed by atoms with van der Waals surface area (Å²) in [6, 6.07) is 0. The van der Waals surface area contributed by atoms with E-state index >= 15 is 0 Å². The zero-order valence-corrected chi connectivity index (χ0v) is 11.4. The van der Waals surface area contributed by atoms with Crippen LogP contribution in [0.3, 0.4) is 0 Å². The molecule has 5 nitrogen and oxygen atoms in total. The van der Waals surface area contributed by atoms with E-state index in [9.17, 15) is 9.59 Å². The Balaban J connectivity index is 3.33. The highest BCUT2D eigenvalue weighted by atomic mass is 32.2. The van der Waals surface area contributed by atoms with Gasteiger partial charge in [-0.15, -0.1) is 0 Å². The summed E-state index contributed by atoms with van der Waals surface area (Å²) in [5, 5.41) is 0.0841. The Morgan fingerprint density at radius 1 is 1.24 bits per heavy atom. The van der Waals surface area contributed by atoms with Gasteiger partial charge in [0.15, 0.2) is 11.2 Å². The van der Waals surface area contributed by atoms with Gasteiger partial charge in [-0.05, 0) is 13.8 Å². The van der Waals surface area contributed by atoms with Gasteiger partial charge in [0.25, 0.3) is 0 Å². The zero-order chi connectivity index (χ0) is 13.1. The zero-order valence-electron chi connectivity index (χ0n) is 10.6. The number of hydrogen-bond donors (Lipinski definition) is 0. The molecule has 1 atom stereocenters. The fourth-order valence-corrected chi connectivity index (χ4v) is 1.45.